The average Bonchev–Trinajstić information content (AvgIpc) is 2.33. The summed E-state index contributed by atoms with van der Waals surface area (Å²) in [5, 5.41) is 12.2. The molecule has 1 unspecified atom stereocenters. The highest BCUT2D eigenvalue weighted by atomic mass is 32.2. The second-order valence-corrected chi connectivity index (χ2v) is 6.75. The van der Waals surface area contributed by atoms with Gasteiger partial charge < -0.3 is 10.4 Å². The van der Waals surface area contributed by atoms with Crippen molar-refractivity contribution in [3.63, 3.8) is 0 Å². The van der Waals surface area contributed by atoms with Crippen molar-refractivity contribution >= 4 is 15.8 Å². The summed E-state index contributed by atoms with van der Waals surface area (Å²) in [6.07, 6.45) is 1.68. The number of hydrogen-bond donors (Lipinski definition) is 2. The van der Waals surface area contributed by atoms with Crippen LogP contribution in [-0.4, -0.2) is 44.6 Å². The van der Waals surface area contributed by atoms with E-state index < -0.39 is 21.7 Å². The first kappa shape index (κ1) is 15.7. The molecule has 5 nitrogen and oxygen atoms in total. The molecular weight excluding hydrogens is 266 g/mol. The molecule has 0 heterocycles. The zero-order valence-corrected chi connectivity index (χ0v) is 11.7. The van der Waals surface area contributed by atoms with Gasteiger partial charge in [0.1, 0.15) is 9.84 Å². The second-order valence-electron chi connectivity index (χ2n) is 4.49. The van der Waals surface area contributed by atoms with Gasteiger partial charge in [0.2, 0.25) is 0 Å². The normalized spacial score (nSPS) is 13.1. The van der Waals surface area contributed by atoms with Crippen molar-refractivity contribution in [1.29, 1.82) is 0 Å². The Balaban J connectivity index is 2.42. The van der Waals surface area contributed by atoms with E-state index in [2.05, 4.69) is 5.32 Å². The molecule has 1 atom stereocenters. The average molecular weight is 285 g/mol. The molecule has 0 radical (unpaired) electrons. The van der Waals surface area contributed by atoms with Gasteiger partial charge in [-0.25, -0.2) is 8.42 Å². The summed E-state index contributed by atoms with van der Waals surface area (Å²) in [7, 11) is -2.95. The van der Waals surface area contributed by atoms with E-state index in [1.54, 1.807) is 24.3 Å². The number of carboxylic acids is 1. The van der Waals surface area contributed by atoms with Crippen LogP contribution in [0.2, 0.25) is 0 Å². The van der Waals surface area contributed by atoms with Crippen LogP contribution in [0, 0.1) is 0 Å². The van der Waals surface area contributed by atoms with Crippen molar-refractivity contribution in [3.05, 3.63) is 35.9 Å². The molecule has 0 aliphatic rings. The Morgan fingerprint density at radius 2 is 1.95 bits per heavy atom. The lowest BCUT2D eigenvalue weighted by atomic mass is 9.99. The number of sulfone groups is 1. The quantitative estimate of drug-likeness (QED) is 0.693. The molecule has 0 aromatic heterocycles. The van der Waals surface area contributed by atoms with E-state index in [0.717, 1.165) is 5.56 Å². The Morgan fingerprint density at radius 1 is 1.32 bits per heavy atom. The van der Waals surface area contributed by atoms with Crippen LogP contribution in [0.4, 0.5) is 0 Å². The molecule has 0 aliphatic heterocycles. The minimum atomic E-state index is -2.95. The van der Waals surface area contributed by atoms with Crippen LogP contribution < -0.4 is 5.32 Å². The molecular formula is C13H19NO4S. The maximum absolute atomic E-state index is 11.2. The van der Waals surface area contributed by atoms with Gasteiger partial charge in [-0.15, -0.1) is 0 Å². The number of benzene rings is 1. The fourth-order valence-corrected chi connectivity index (χ4v) is 2.41. The predicted octanol–water partition coefficient (Wildman–Crippen LogP) is 0.879. The van der Waals surface area contributed by atoms with E-state index >= 15 is 0 Å². The predicted molar refractivity (Wildman–Crippen MR) is 74.0 cm³/mol. The minimum absolute atomic E-state index is 0.114. The van der Waals surface area contributed by atoms with Crippen molar-refractivity contribution < 1.29 is 18.3 Å². The molecule has 0 amide bonds. The zero-order valence-electron chi connectivity index (χ0n) is 10.9. The van der Waals surface area contributed by atoms with E-state index in [-0.39, 0.29) is 5.75 Å². The van der Waals surface area contributed by atoms with Crippen LogP contribution >= 0.6 is 0 Å². The van der Waals surface area contributed by atoms with Gasteiger partial charge in [0.05, 0.1) is 11.7 Å². The molecule has 6 heteroatoms. The SMILES string of the molecule is CS(=O)(=O)CCCNCC(C(=O)O)c1ccccc1. The molecule has 1 aromatic rings. The number of rotatable bonds is 8. The third-order valence-electron chi connectivity index (χ3n) is 2.72. The molecule has 0 saturated carbocycles. The van der Waals surface area contributed by atoms with Gasteiger partial charge in [-0.3, -0.25) is 4.79 Å². The Kier molecular flexibility index (Phi) is 5.98. The lowest BCUT2D eigenvalue weighted by molar-refractivity contribution is -0.138. The first-order valence-electron chi connectivity index (χ1n) is 6.06. The van der Waals surface area contributed by atoms with Crippen molar-refractivity contribution in [2.24, 2.45) is 0 Å². The van der Waals surface area contributed by atoms with Crippen LogP contribution in [0.3, 0.4) is 0 Å². The van der Waals surface area contributed by atoms with Gasteiger partial charge in [0, 0.05) is 12.8 Å². The molecule has 19 heavy (non-hydrogen) atoms. The van der Waals surface area contributed by atoms with Crippen molar-refractivity contribution in [1.82, 2.24) is 5.32 Å². The van der Waals surface area contributed by atoms with E-state index in [1.807, 2.05) is 6.07 Å². The lowest BCUT2D eigenvalue weighted by Gasteiger charge is -2.13. The standard InChI is InChI=1S/C13H19NO4S/c1-19(17,18)9-5-8-14-10-12(13(15)16)11-6-3-2-4-7-11/h2-4,6-7,12,14H,5,8-10H2,1H3,(H,15,16). The van der Waals surface area contributed by atoms with E-state index in [9.17, 15) is 18.3 Å². The van der Waals surface area contributed by atoms with E-state index in [0.29, 0.717) is 19.5 Å². The molecule has 0 spiro atoms. The summed E-state index contributed by atoms with van der Waals surface area (Å²) in [6, 6.07) is 8.99. The van der Waals surface area contributed by atoms with Gasteiger partial charge in [-0.1, -0.05) is 30.3 Å². The molecule has 0 bridgehead atoms. The molecule has 106 valence electrons. The van der Waals surface area contributed by atoms with Gasteiger partial charge in [-0.05, 0) is 18.5 Å². The number of hydrogen-bond acceptors (Lipinski definition) is 4. The molecule has 0 aliphatic carbocycles. The Labute approximate surface area is 113 Å². The van der Waals surface area contributed by atoms with Crippen molar-refractivity contribution in [2.45, 2.75) is 12.3 Å². The summed E-state index contributed by atoms with van der Waals surface area (Å²) in [6.45, 7) is 0.785. The van der Waals surface area contributed by atoms with E-state index in [1.165, 1.54) is 6.26 Å². The van der Waals surface area contributed by atoms with Gasteiger partial charge >= 0.3 is 5.97 Å². The van der Waals surface area contributed by atoms with Crippen LogP contribution in [-0.2, 0) is 14.6 Å². The van der Waals surface area contributed by atoms with E-state index in [4.69, 9.17) is 0 Å². The summed E-state index contributed by atoms with van der Waals surface area (Å²) < 4.78 is 21.9. The fourth-order valence-electron chi connectivity index (χ4n) is 1.74. The van der Waals surface area contributed by atoms with Crippen LogP contribution in [0.5, 0.6) is 0 Å². The maximum atomic E-state index is 11.2. The van der Waals surface area contributed by atoms with Crippen LogP contribution in [0.1, 0.15) is 17.9 Å². The highest BCUT2D eigenvalue weighted by Gasteiger charge is 2.18. The molecule has 0 fully saturated rings. The number of nitrogens with one attached hydrogen (secondary N) is 1. The molecule has 0 saturated heterocycles. The smallest absolute Gasteiger partial charge is 0.312 e. The highest BCUT2D eigenvalue weighted by Crippen LogP contribution is 2.14. The monoisotopic (exact) mass is 285 g/mol. The Morgan fingerprint density at radius 3 is 2.47 bits per heavy atom. The zero-order chi connectivity index (χ0) is 14.3. The maximum Gasteiger partial charge on any atom is 0.312 e. The first-order valence-corrected chi connectivity index (χ1v) is 8.12. The summed E-state index contributed by atoms with van der Waals surface area (Å²) in [5.41, 5.74) is 0.741. The van der Waals surface area contributed by atoms with Crippen molar-refractivity contribution in [3.8, 4) is 0 Å². The first-order chi connectivity index (χ1) is 8.90. The van der Waals surface area contributed by atoms with Crippen LogP contribution in [0.25, 0.3) is 0 Å². The number of carbonyl (C=O) groups is 1. The third-order valence-corrected chi connectivity index (χ3v) is 3.75. The summed E-state index contributed by atoms with van der Waals surface area (Å²) >= 11 is 0. The fraction of sp³-hybridized carbons (Fsp3) is 0.462. The highest BCUT2D eigenvalue weighted by molar-refractivity contribution is 7.90. The summed E-state index contributed by atoms with van der Waals surface area (Å²) in [4.78, 5) is 11.2. The molecule has 1 rings (SSSR count). The van der Waals surface area contributed by atoms with Gasteiger partial charge in [0.25, 0.3) is 0 Å². The number of carboxylic acid groups (broad SMARTS) is 1. The minimum Gasteiger partial charge on any atom is -0.481 e. The largest absolute Gasteiger partial charge is 0.481 e. The van der Waals surface area contributed by atoms with Gasteiger partial charge in [0.15, 0.2) is 0 Å². The Bertz CT molecular complexity index is 499. The molecule has 2 N–H and O–H groups in total. The second kappa shape index (κ2) is 7.25. The lowest BCUT2D eigenvalue weighted by Crippen LogP contribution is -2.28. The Hall–Kier alpha value is -1.40. The number of aliphatic carboxylic acids is 1. The topological polar surface area (TPSA) is 83.5 Å². The summed E-state index contributed by atoms with van der Waals surface area (Å²) in [5.74, 6) is -1.38. The third kappa shape index (κ3) is 6.35. The molecule has 1 aromatic carbocycles. The van der Waals surface area contributed by atoms with Crippen molar-refractivity contribution in [2.75, 3.05) is 25.1 Å². The van der Waals surface area contributed by atoms with Crippen LogP contribution in [0.15, 0.2) is 30.3 Å². The van der Waals surface area contributed by atoms with Gasteiger partial charge in [-0.2, -0.15) is 0 Å².